The van der Waals surface area contributed by atoms with Gasteiger partial charge in [-0.15, -0.1) is 0 Å². The quantitative estimate of drug-likeness (QED) is 0.0472. The molecule has 118 heavy (non-hydrogen) atoms. The molecule has 0 unspecified atom stereocenters. The van der Waals surface area contributed by atoms with Crippen LogP contribution in [0, 0.1) is 0 Å². The topological polar surface area (TPSA) is 141 Å². The Bertz CT molecular complexity index is 1640. The van der Waals surface area contributed by atoms with E-state index < -0.39 is 36.4 Å². The fourth-order valence-electron chi connectivity index (χ4n) is 17.4. The number of hydrogen-bond acceptors (Lipinski definition) is 7. The van der Waals surface area contributed by atoms with Crippen LogP contribution in [0.4, 0.5) is 0 Å². The Morgan fingerprint density at radius 3 is 0.339 bits per heavy atom. The van der Waals surface area contributed by atoms with Crippen molar-refractivity contribution in [3.63, 3.8) is 0 Å². The van der Waals surface area contributed by atoms with E-state index in [2.05, 4.69) is 83.8 Å². The summed E-state index contributed by atoms with van der Waals surface area (Å²) in [5.74, 6) is -5.98. The molecular weight excluding hydrogens is 1450 g/mol. The first-order valence-corrected chi connectivity index (χ1v) is 53.9. The first kappa shape index (κ1) is 123. The standard InChI is InChI=1S/3C34H72N.C6H8O7/c3*1-5-7-9-11-13-15-17-19-21-23-25-27-29-31-33-35(3,4)34-32-30-28-26-24-22-20-18-16-14-12-10-8-6-2;7-3(8)1-6(13,5(11)12)2-4(9)10/h3*5-34H2,1-4H3;13H,1-2H2,(H,7,8)(H,9,10)(H,11,12)/q3*+1;/p-3. The number of carbonyl (C=O) groups is 3. The van der Waals surface area contributed by atoms with Crippen molar-refractivity contribution >= 4 is 17.9 Å². The predicted molar refractivity (Wildman–Crippen MR) is 517 cm³/mol. The van der Waals surface area contributed by atoms with E-state index in [4.69, 9.17) is 5.11 Å². The highest BCUT2D eigenvalue weighted by molar-refractivity contribution is 5.86. The van der Waals surface area contributed by atoms with E-state index in [1.165, 1.54) is 592 Å². The lowest BCUT2D eigenvalue weighted by molar-refractivity contribution is -0.890. The minimum atomic E-state index is -2.97. The van der Waals surface area contributed by atoms with Gasteiger partial charge < -0.3 is 48.3 Å². The van der Waals surface area contributed by atoms with Gasteiger partial charge in [0.25, 0.3) is 0 Å². The van der Waals surface area contributed by atoms with E-state index in [0.717, 1.165) is 0 Å². The van der Waals surface area contributed by atoms with Crippen molar-refractivity contribution in [1.82, 2.24) is 0 Å². The Morgan fingerprint density at radius 1 is 0.178 bits per heavy atom. The molecule has 10 heteroatoms. The minimum absolute atomic E-state index is 1.25. The van der Waals surface area contributed by atoms with Gasteiger partial charge in [-0.05, 0) is 77.0 Å². The SMILES string of the molecule is CCCCCCCCCCCCCCCC[N+](C)(C)CCCCCCCCCCCCCCCC.CCCCCCCCCCCCCCCC[N+](C)(C)CCCCCCCCCCCCCCCC.CCCCCCCCCCCCCCCC[N+](C)(C)CCCCCCCCCCCCCCCC.O=C([O-])CC(O)(CC(=O)[O-])C(=O)[O-]. The Morgan fingerprint density at radius 2 is 0.263 bits per heavy atom. The number of hydrogen-bond donors (Lipinski definition) is 1. The molecule has 0 atom stereocenters. The van der Waals surface area contributed by atoms with Gasteiger partial charge in [0.05, 0.1) is 87.5 Å². The van der Waals surface area contributed by atoms with Crippen molar-refractivity contribution in [2.45, 2.75) is 599 Å². The molecule has 0 saturated carbocycles. The molecule has 10 nitrogen and oxygen atoms in total. The van der Waals surface area contributed by atoms with Crippen LogP contribution >= 0.6 is 0 Å². The second-order valence-electron chi connectivity index (χ2n) is 40.1. The number of nitrogens with zero attached hydrogens (tertiary/aromatic N) is 3. The summed E-state index contributed by atoms with van der Waals surface area (Å²) in [5, 5.41) is 38.9. The summed E-state index contributed by atoms with van der Waals surface area (Å²) in [5.41, 5.74) is -2.97. The van der Waals surface area contributed by atoms with E-state index in [9.17, 15) is 29.7 Å². The number of carboxylic acids is 3. The number of carboxylic acid groups (broad SMARTS) is 3. The van der Waals surface area contributed by atoms with Crippen molar-refractivity contribution in [2.75, 3.05) is 81.6 Å². The minimum Gasteiger partial charge on any atom is -0.550 e. The van der Waals surface area contributed by atoms with E-state index in [1.54, 1.807) is 0 Å². The average Bonchev–Trinajstić information content (AvgIpc) is 0.857. The molecule has 0 heterocycles. The summed E-state index contributed by atoms with van der Waals surface area (Å²) in [4.78, 5) is 30.0. The maximum Gasteiger partial charge on any atom is 0.114 e. The zero-order valence-corrected chi connectivity index (χ0v) is 83.3. The monoisotopic (exact) mass is 1670 g/mol. The van der Waals surface area contributed by atoms with Crippen molar-refractivity contribution in [2.24, 2.45) is 0 Å². The molecule has 0 aliphatic heterocycles. The first-order chi connectivity index (χ1) is 57.1. The molecule has 710 valence electrons. The van der Waals surface area contributed by atoms with Gasteiger partial charge in [0.15, 0.2) is 0 Å². The molecular formula is C108H221N3O7. The molecule has 0 spiro atoms. The molecule has 0 aromatic rings. The van der Waals surface area contributed by atoms with Crippen LogP contribution in [0.15, 0.2) is 0 Å². The molecule has 0 fully saturated rings. The van der Waals surface area contributed by atoms with E-state index >= 15 is 0 Å². The largest absolute Gasteiger partial charge is 0.550 e. The van der Waals surface area contributed by atoms with Gasteiger partial charge in [0.2, 0.25) is 0 Å². The van der Waals surface area contributed by atoms with Crippen molar-refractivity contribution in [1.29, 1.82) is 0 Å². The van der Waals surface area contributed by atoms with Crippen molar-refractivity contribution in [3.8, 4) is 0 Å². The lowest BCUT2D eigenvalue weighted by atomic mass is 9.96. The Labute approximate surface area is 742 Å². The summed E-state index contributed by atoms with van der Waals surface area (Å²) in [6.07, 6.45) is 120. The summed E-state index contributed by atoms with van der Waals surface area (Å²) in [6, 6.07) is 0. The third kappa shape index (κ3) is 108. The smallest absolute Gasteiger partial charge is 0.114 e. The molecule has 0 aliphatic rings. The number of carbonyl (C=O) groups excluding carboxylic acids is 3. The summed E-state index contributed by atoms with van der Waals surface area (Å²) >= 11 is 0. The Hall–Kier alpha value is -1.75. The third-order valence-corrected chi connectivity index (χ3v) is 26.0. The number of unbranched alkanes of at least 4 members (excludes halogenated alkanes) is 78. The van der Waals surface area contributed by atoms with Crippen molar-refractivity contribution in [3.05, 3.63) is 0 Å². The third-order valence-electron chi connectivity index (χ3n) is 26.0. The normalized spacial score (nSPS) is 11.9. The molecule has 0 rings (SSSR count). The fraction of sp³-hybridized carbons (Fsp3) is 0.972. The van der Waals surface area contributed by atoms with E-state index in [-0.39, 0.29) is 0 Å². The Kier molecular flexibility index (Phi) is 103. The van der Waals surface area contributed by atoms with Gasteiger partial charge in [-0.3, -0.25) is 0 Å². The molecule has 0 bridgehead atoms. The van der Waals surface area contributed by atoms with Gasteiger partial charge in [0, 0.05) is 24.8 Å². The second-order valence-corrected chi connectivity index (χ2v) is 40.1. The number of quaternary nitrogens is 3. The van der Waals surface area contributed by atoms with Gasteiger partial charge >= 0.3 is 0 Å². The zero-order chi connectivity index (χ0) is 87.8. The summed E-state index contributed by atoms with van der Waals surface area (Å²) < 4.78 is 3.74. The molecule has 0 aromatic carbocycles. The number of aliphatic carboxylic acids is 3. The van der Waals surface area contributed by atoms with Crippen LogP contribution in [0.25, 0.3) is 0 Å². The highest BCUT2D eigenvalue weighted by atomic mass is 16.4. The van der Waals surface area contributed by atoms with E-state index in [0.29, 0.717) is 0 Å². The molecule has 1 N–H and O–H groups in total. The molecule has 0 saturated heterocycles. The van der Waals surface area contributed by atoms with Crippen molar-refractivity contribution < 1.29 is 48.3 Å². The molecule has 0 aliphatic carbocycles. The average molecular weight is 1670 g/mol. The van der Waals surface area contributed by atoms with Crippen LogP contribution < -0.4 is 15.3 Å². The van der Waals surface area contributed by atoms with Crippen LogP contribution in [-0.4, -0.2) is 124 Å². The second kappa shape index (κ2) is 99.0. The lowest BCUT2D eigenvalue weighted by Crippen LogP contribution is -2.54. The zero-order valence-electron chi connectivity index (χ0n) is 83.3. The molecule has 0 radical (unpaired) electrons. The van der Waals surface area contributed by atoms with Crippen LogP contribution in [0.5, 0.6) is 0 Å². The van der Waals surface area contributed by atoms with E-state index in [1.807, 2.05) is 0 Å². The highest BCUT2D eigenvalue weighted by Gasteiger charge is 2.29. The number of rotatable bonds is 95. The van der Waals surface area contributed by atoms with Crippen LogP contribution in [-0.2, 0) is 14.4 Å². The Balaban J connectivity index is -0.000000766. The van der Waals surface area contributed by atoms with Gasteiger partial charge in [-0.1, -0.05) is 504 Å². The van der Waals surface area contributed by atoms with Gasteiger partial charge in [0.1, 0.15) is 5.60 Å². The molecule has 0 aromatic heterocycles. The molecule has 0 amide bonds. The summed E-state index contributed by atoms with van der Waals surface area (Å²) in [6.45, 7) is 22.2. The number of aliphatic hydroxyl groups is 1. The maximum absolute atomic E-state index is 10.1. The van der Waals surface area contributed by atoms with Gasteiger partial charge in [-0.2, -0.15) is 0 Å². The summed E-state index contributed by atoms with van der Waals surface area (Å²) in [7, 11) is 14.8. The van der Waals surface area contributed by atoms with Crippen LogP contribution in [0.3, 0.4) is 0 Å². The van der Waals surface area contributed by atoms with Gasteiger partial charge in [-0.25, -0.2) is 0 Å². The van der Waals surface area contributed by atoms with Crippen LogP contribution in [0.1, 0.15) is 594 Å². The maximum atomic E-state index is 10.1. The van der Waals surface area contributed by atoms with Crippen LogP contribution in [0.2, 0.25) is 0 Å². The first-order valence-electron chi connectivity index (χ1n) is 53.9. The fourth-order valence-corrected chi connectivity index (χ4v) is 17.4. The lowest BCUT2D eigenvalue weighted by Gasteiger charge is -2.30. The highest BCUT2D eigenvalue weighted by Crippen LogP contribution is 2.23. The predicted octanol–water partition coefficient (Wildman–Crippen LogP) is 30.8.